The van der Waals surface area contributed by atoms with E-state index in [0.717, 1.165) is 19.3 Å². The van der Waals surface area contributed by atoms with E-state index in [9.17, 15) is 14.7 Å². The summed E-state index contributed by atoms with van der Waals surface area (Å²) in [6.07, 6.45) is 8.11. The van der Waals surface area contributed by atoms with Gasteiger partial charge in [-0.3, -0.25) is 9.59 Å². The lowest BCUT2D eigenvalue weighted by molar-refractivity contribution is -0.151. The molecule has 1 amide bonds. The second kappa shape index (κ2) is 4.80. The quantitative estimate of drug-likeness (QED) is 0.818. The van der Waals surface area contributed by atoms with Gasteiger partial charge in [0, 0.05) is 12.5 Å². The van der Waals surface area contributed by atoms with Crippen LogP contribution in [0, 0.1) is 23.2 Å². The molecule has 2 atom stereocenters. The summed E-state index contributed by atoms with van der Waals surface area (Å²) in [5, 5.41) is 12.4. The van der Waals surface area contributed by atoms with E-state index in [2.05, 4.69) is 5.32 Å². The van der Waals surface area contributed by atoms with Gasteiger partial charge in [-0.1, -0.05) is 25.7 Å². The molecule has 0 aliphatic heterocycles. The zero-order valence-corrected chi connectivity index (χ0v) is 11.4. The smallest absolute Gasteiger partial charge is 0.311 e. The van der Waals surface area contributed by atoms with Crippen molar-refractivity contribution >= 4 is 11.9 Å². The van der Waals surface area contributed by atoms with Crippen molar-refractivity contribution < 1.29 is 14.7 Å². The van der Waals surface area contributed by atoms with E-state index in [0.29, 0.717) is 31.2 Å². The summed E-state index contributed by atoms with van der Waals surface area (Å²) < 4.78 is 0. The molecule has 0 heterocycles. The van der Waals surface area contributed by atoms with E-state index in [1.807, 2.05) is 0 Å². The SMILES string of the molecule is O=C(NCC1(C(=O)O)CCCCC1)C1C2CCCC21. The number of carbonyl (C=O) groups excluding carboxylic acids is 1. The van der Waals surface area contributed by atoms with Crippen molar-refractivity contribution in [1.29, 1.82) is 0 Å². The van der Waals surface area contributed by atoms with Gasteiger partial charge in [0.2, 0.25) is 5.91 Å². The first-order chi connectivity index (χ1) is 9.14. The van der Waals surface area contributed by atoms with Crippen molar-refractivity contribution in [3.63, 3.8) is 0 Å². The minimum Gasteiger partial charge on any atom is -0.481 e. The summed E-state index contributed by atoms with van der Waals surface area (Å²) in [6, 6.07) is 0. The van der Waals surface area contributed by atoms with Crippen LogP contribution in [0.4, 0.5) is 0 Å². The predicted molar refractivity (Wildman–Crippen MR) is 70.5 cm³/mol. The Morgan fingerprint density at radius 1 is 1.05 bits per heavy atom. The largest absolute Gasteiger partial charge is 0.481 e. The molecule has 0 aromatic rings. The summed E-state index contributed by atoms with van der Waals surface area (Å²) in [6.45, 7) is 0.330. The molecule has 19 heavy (non-hydrogen) atoms. The van der Waals surface area contributed by atoms with Gasteiger partial charge in [-0.25, -0.2) is 0 Å². The third-order valence-corrected chi connectivity index (χ3v) is 5.57. The number of fused-ring (bicyclic) bond motifs is 1. The molecule has 2 N–H and O–H groups in total. The first kappa shape index (κ1) is 12.9. The van der Waals surface area contributed by atoms with Gasteiger partial charge < -0.3 is 10.4 Å². The Morgan fingerprint density at radius 2 is 1.68 bits per heavy atom. The number of carboxylic acid groups (broad SMARTS) is 1. The third-order valence-electron chi connectivity index (χ3n) is 5.57. The number of carbonyl (C=O) groups is 2. The zero-order valence-electron chi connectivity index (χ0n) is 11.4. The number of hydrogen-bond acceptors (Lipinski definition) is 2. The van der Waals surface area contributed by atoms with Crippen LogP contribution in [0.1, 0.15) is 51.4 Å². The fourth-order valence-electron chi connectivity index (χ4n) is 4.28. The molecule has 3 saturated carbocycles. The molecule has 0 radical (unpaired) electrons. The van der Waals surface area contributed by atoms with Gasteiger partial charge in [0.15, 0.2) is 0 Å². The van der Waals surface area contributed by atoms with Crippen LogP contribution < -0.4 is 5.32 Å². The minimum absolute atomic E-state index is 0.112. The summed E-state index contributed by atoms with van der Waals surface area (Å²) in [4.78, 5) is 23.6. The molecular weight excluding hydrogens is 242 g/mol. The van der Waals surface area contributed by atoms with E-state index in [-0.39, 0.29) is 11.8 Å². The fraction of sp³-hybridized carbons (Fsp3) is 0.867. The second-order valence-corrected chi connectivity index (χ2v) is 6.65. The summed E-state index contributed by atoms with van der Waals surface area (Å²) >= 11 is 0. The van der Waals surface area contributed by atoms with Crippen molar-refractivity contribution in [3.05, 3.63) is 0 Å². The Kier molecular flexibility index (Phi) is 3.27. The number of aliphatic carboxylic acids is 1. The predicted octanol–water partition coefficient (Wildman–Crippen LogP) is 2.18. The Morgan fingerprint density at radius 3 is 2.26 bits per heavy atom. The number of rotatable bonds is 4. The highest BCUT2D eigenvalue weighted by molar-refractivity contribution is 5.83. The second-order valence-electron chi connectivity index (χ2n) is 6.65. The zero-order chi connectivity index (χ0) is 13.5. The van der Waals surface area contributed by atoms with Gasteiger partial charge in [-0.15, -0.1) is 0 Å². The van der Waals surface area contributed by atoms with Crippen LogP contribution in [0.15, 0.2) is 0 Å². The molecule has 0 bridgehead atoms. The lowest BCUT2D eigenvalue weighted by atomic mass is 9.74. The molecule has 4 nitrogen and oxygen atoms in total. The van der Waals surface area contributed by atoms with Gasteiger partial charge >= 0.3 is 5.97 Å². The monoisotopic (exact) mass is 265 g/mol. The molecule has 0 aromatic heterocycles. The fourth-order valence-corrected chi connectivity index (χ4v) is 4.28. The number of carboxylic acids is 1. The van der Waals surface area contributed by atoms with Crippen LogP contribution in [0.5, 0.6) is 0 Å². The van der Waals surface area contributed by atoms with E-state index in [1.54, 1.807) is 0 Å². The maximum absolute atomic E-state index is 12.1. The van der Waals surface area contributed by atoms with Gasteiger partial charge in [0.05, 0.1) is 5.41 Å². The van der Waals surface area contributed by atoms with Crippen LogP contribution in [-0.2, 0) is 9.59 Å². The van der Waals surface area contributed by atoms with Crippen LogP contribution in [0.2, 0.25) is 0 Å². The lowest BCUT2D eigenvalue weighted by Gasteiger charge is -2.33. The van der Waals surface area contributed by atoms with Crippen LogP contribution in [-0.4, -0.2) is 23.5 Å². The molecule has 3 fully saturated rings. The van der Waals surface area contributed by atoms with Crippen molar-refractivity contribution in [2.75, 3.05) is 6.54 Å². The van der Waals surface area contributed by atoms with E-state index in [1.165, 1.54) is 19.3 Å². The van der Waals surface area contributed by atoms with Gasteiger partial charge in [0.1, 0.15) is 0 Å². The van der Waals surface area contributed by atoms with Gasteiger partial charge in [-0.2, -0.15) is 0 Å². The highest BCUT2D eigenvalue weighted by atomic mass is 16.4. The summed E-state index contributed by atoms with van der Waals surface area (Å²) in [5.74, 6) is 0.784. The third kappa shape index (κ3) is 2.26. The standard InChI is InChI=1S/C15H23NO3/c17-13(12-10-5-4-6-11(10)12)16-9-15(14(18)19)7-2-1-3-8-15/h10-12H,1-9H2,(H,16,17)(H,18,19). The van der Waals surface area contributed by atoms with Crippen LogP contribution in [0.3, 0.4) is 0 Å². The molecule has 0 saturated heterocycles. The van der Waals surface area contributed by atoms with Crippen molar-refractivity contribution in [2.24, 2.45) is 23.2 Å². The van der Waals surface area contributed by atoms with Crippen molar-refractivity contribution in [2.45, 2.75) is 51.4 Å². The van der Waals surface area contributed by atoms with Gasteiger partial charge in [0.25, 0.3) is 0 Å². The molecule has 4 heteroatoms. The Labute approximate surface area is 113 Å². The van der Waals surface area contributed by atoms with Crippen molar-refractivity contribution in [3.8, 4) is 0 Å². The molecular formula is C15H23NO3. The first-order valence-corrected chi connectivity index (χ1v) is 7.65. The summed E-state index contributed by atoms with van der Waals surface area (Å²) in [5.41, 5.74) is -0.697. The van der Waals surface area contributed by atoms with Crippen molar-refractivity contribution in [1.82, 2.24) is 5.32 Å². The molecule has 3 aliphatic carbocycles. The van der Waals surface area contributed by atoms with E-state index in [4.69, 9.17) is 0 Å². The average Bonchev–Trinajstić information content (AvgIpc) is 2.90. The normalized spacial score (nSPS) is 35.5. The Bertz CT molecular complexity index is 377. The highest BCUT2D eigenvalue weighted by Gasteiger charge is 2.56. The Balaban J connectivity index is 1.55. The highest BCUT2D eigenvalue weighted by Crippen LogP contribution is 2.57. The molecule has 0 aromatic carbocycles. The minimum atomic E-state index is -0.733. The topological polar surface area (TPSA) is 66.4 Å². The Hall–Kier alpha value is -1.06. The maximum atomic E-state index is 12.1. The molecule has 2 unspecified atom stereocenters. The molecule has 3 aliphatic rings. The maximum Gasteiger partial charge on any atom is 0.311 e. The molecule has 106 valence electrons. The van der Waals surface area contributed by atoms with Gasteiger partial charge in [-0.05, 0) is 37.5 Å². The number of hydrogen-bond donors (Lipinski definition) is 2. The molecule has 3 rings (SSSR count). The first-order valence-electron chi connectivity index (χ1n) is 7.65. The lowest BCUT2D eigenvalue weighted by Crippen LogP contribution is -2.45. The van der Waals surface area contributed by atoms with Crippen LogP contribution in [0.25, 0.3) is 0 Å². The summed E-state index contributed by atoms with van der Waals surface area (Å²) in [7, 11) is 0. The van der Waals surface area contributed by atoms with E-state index >= 15 is 0 Å². The molecule has 0 spiro atoms. The average molecular weight is 265 g/mol. The number of nitrogens with one attached hydrogen (secondary N) is 1. The van der Waals surface area contributed by atoms with Crippen LogP contribution >= 0.6 is 0 Å². The van der Waals surface area contributed by atoms with E-state index < -0.39 is 11.4 Å². The number of amides is 1.